The van der Waals surface area contributed by atoms with Crippen LogP contribution in [-0.2, 0) is 0 Å². The van der Waals surface area contributed by atoms with Gasteiger partial charge in [-0.2, -0.15) is 0 Å². The lowest BCUT2D eigenvalue weighted by Crippen LogP contribution is -2.54. The lowest BCUT2D eigenvalue weighted by molar-refractivity contribution is 0.0370. The Morgan fingerprint density at radius 1 is 1.29 bits per heavy atom. The number of hydrazine groups is 1. The number of carbonyl (C=O) groups is 1. The number of anilines is 1. The maximum absolute atomic E-state index is 12.5. The van der Waals surface area contributed by atoms with Crippen LogP contribution in [0.15, 0.2) is 18.2 Å². The zero-order valence-corrected chi connectivity index (χ0v) is 13.6. The van der Waals surface area contributed by atoms with E-state index in [1.54, 1.807) is 0 Å². The van der Waals surface area contributed by atoms with Crippen molar-refractivity contribution >= 4 is 11.6 Å². The highest BCUT2D eigenvalue weighted by Gasteiger charge is 2.26. The lowest BCUT2D eigenvalue weighted by atomic mass is 10.00. The number of hydrogen-bond acceptors (Lipinski definition) is 3. The summed E-state index contributed by atoms with van der Waals surface area (Å²) in [5, 5.41) is 5.41. The van der Waals surface area contributed by atoms with Crippen LogP contribution in [-0.4, -0.2) is 29.5 Å². The highest BCUT2D eigenvalue weighted by molar-refractivity contribution is 5.94. The summed E-state index contributed by atoms with van der Waals surface area (Å²) in [6.07, 6.45) is 3.53. The van der Waals surface area contributed by atoms with Crippen LogP contribution in [0.3, 0.4) is 0 Å². The van der Waals surface area contributed by atoms with Crippen molar-refractivity contribution in [2.24, 2.45) is 0 Å². The second-order valence-electron chi connectivity index (χ2n) is 6.04. The minimum Gasteiger partial charge on any atom is -0.385 e. The molecular weight excluding hydrogens is 262 g/mol. The number of carbonyl (C=O) groups excluding carboxylic acids is 1. The Morgan fingerprint density at radius 2 is 1.95 bits per heavy atom. The predicted octanol–water partition coefficient (Wildman–Crippen LogP) is 3.33. The van der Waals surface area contributed by atoms with E-state index in [-0.39, 0.29) is 5.91 Å². The van der Waals surface area contributed by atoms with Crippen molar-refractivity contribution in [2.45, 2.75) is 59.0 Å². The normalized spacial score (nSPS) is 22.9. The van der Waals surface area contributed by atoms with Crippen molar-refractivity contribution in [1.29, 1.82) is 0 Å². The molecule has 4 heteroatoms. The summed E-state index contributed by atoms with van der Waals surface area (Å²) in [6.45, 7) is 9.33. The molecule has 4 nitrogen and oxygen atoms in total. The van der Waals surface area contributed by atoms with E-state index in [0.717, 1.165) is 36.2 Å². The van der Waals surface area contributed by atoms with Crippen LogP contribution >= 0.6 is 0 Å². The summed E-state index contributed by atoms with van der Waals surface area (Å²) < 4.78 is 0. The minimum atomic E-state index is -0.0123. The van der Waals surface area contributed by atoms with Crippen molar-refractivity contribution < 1.29 is 4.79 Å². The largest absolute Gasteiger partial charge is 0.385 e. The quantitative estimate of drug-likeness (QED) is 0.893. The van der Waals surface area contributed by atoms with Gasteiger partial charge >= 0.3 is 0 Å². The zero-order valence-electron chi connectivity index (χ0n) is 13.6. The molecule has 0 aliphatic carbocycles. The van der Waals surface area contributed by atoms with E-state index >= 15 is 0 Å². The van der Waals surface area contributed by atoms with Crippen molar-refractivity contribution in [3.8, 4) is 0 Å². The van der Waals surface area contributed by atoms with Crippen LogP contribution in [0.1, 0.15) is 56.0 Å². The second kappa shape index (κ2) is 6.94. The second-order valence-corrected chi connectivity index (χ2v) is 6.04. The monoisotopic (exact) mass is 289 g/mol. The van der Waals surface area contributed by atoms with Crippen LogP contribution < -0.4 is 10.7 Å². The molecule has 0 saturated carbocycles. The van der Waals surface area contributed by atoms with Crippen LogP contribution in [0.5, 0.6) is 0 Å². The number of nitrogens with one attached hydrogen (secondary N) is 2. The van der Waals surface area contributed by atoms with Crippen molar-refractivity contribution in [3.63, 3.8) is 0 Å². The molecule has 21 heavy (non-hydrogen) atoms. The molecule has 1 aromatic carbocycles. The number of rotatable bonds is 4. The van der Waals surface area contributed by atoms with Gasteiger partial charge < -0.3 is 5.32 Å². The molecule has 1 aliphatic heterocycles. The number of aryl methyl sites for hydroxylation is 1. The molecule has 0 aromatic heterocycles. The summed E-state index contributed by atoms with van der Waals surface area (Å²) in [6, 6.07) is 6.63. The Kier molecular flexibility index (Phi) is 5.23. The fraction of sp³-hybridized carbons (Fsp3) is 0.588. The van der Waals surface area contributed by atoms with Crippen LogP contribution in [0.2, 0.25) is 0 Å². The first kappa shape index (κ1) is 15.8. The summed E-state index contributed by atoms with van der Waals surface area (Å²) in [4.78, 5) is 12.5. The van der Waals surface area contributed by atoms with E-state index < -0.39 is 0 Å². The molecule has 116 valence electrons. The molecule has 1 saturated heterocycles. The Morgan fingerprint density at radius 3 is 2.52 bits per heavy atom. The van der Waals surface area contributed by atoms with Crippen LogP contribution in [0, 0.1) is 6.92 Å². The lowest BCUT2D eigenvalue weighted by Gasteiger charge is -2.38. The average Bonchev–Trinajstić information content (AvgIpc) is 2.45. The van der Waals surface area contributed by atoms with Crippen LogP contribution in [0.25, 0.3) is 0 Å². The first-order valence-electron chi connectivity index (χ1n) is 7.96. The summed E-state index contributed by atoms with van der Waals surface area (Å²) in [5.41, 5.74) is 6.00. The molecule has 0 bridgehead atoms. The molecule has 1 heterocycles. The molecule has 1 fully saturated rings. The van der Waals surface area contributed by atoms with E-state index in [1.807, 2.05) is 25.1 Å². The van der Waals surface area contributed by atoms with Gasteiger partial charge in [0.2, 0.25) is 0 Å². The minimum absolute atomic E-state index is 0.0123. The van der Waals surface area contributed by atoms with Gasteiger partial charge in [0, 0.05) is 29.9 Å². The van der Waals surface area contributed by atoms with Gasteiger partial charge in [-0.3, -0.25) is 10.2 Å². The Labute approximate surface area is 127 Å². The number of nitrogens with zero attached hydrogens (tertiary/aromatic N) is 1. The molecule has 0 radical (unpaired) electrons. The molecule has 1 aromatic rings. The van der Waals surface area contributed by atoms with Gasteiger partial charge in [-0.05, 0) is 64.3 Å². The smallest absolute Gasteiger partial charge is 0.265 e. The molecule has 1 amide bonds. The number of hydrogen-bond donors (Lipinski definition) is 2. The predicted molar refractivity (Wildman–Crippen MR) is 87.4 cm³/mol. The Hall–Kier alpha value is -1.55. The summed E-state index contributed by atoms with van der Waals surface area (Å²) in [7, 11) is 0. The topological polar surface area (TPSA) is 44.4 Å². The number of piperidine rings is 1. The van der Waals surface area contributed by atoms with Gasteiger partial charge in [-0.15, -0.1) is 0 Å². The third kappa shape index (κ3) is 3.76. The van der Waals surface area contributed by atoms with Crippen molar-refractivity contribution in [3.05, 3.63) is 29.3 Å². The van der Waals surface area contributed by atoms with Gasteiger partial charge in [0.15, 0.2) is 0 Å². The van der Waals surface area contributed by atoms with Gasteiger partial charge in [0.1, 0.15) is 0 Å². The first-order valence-corrected chi connectivity index (χ1v) is 7.96. The molecule has 2 rings (SSSR count). The first-order chi connectivity index (χ1) is 10.0. The maximum atomic E-state index is 12.5. The van der Waals surface area contributed by atoms with E-state index in [1.165, 1.54) is 6.42 Å². The maximum Gasteiger partial charge on any atom is 0.265 e. The van der Waals surface area contributed by atoms with E-state index in [9.17, 15) is 4.79 Å². The van der Waals surface area contributed by atoms with E-state index in [4.69, 9.17) is 0 Å². The average molecular weight is 289 g/mol. The molecular formula is C17H27N3O. The van der Waals surface area contributed by atoms with Crippen molar-refractivity contribution in [2.75, 3.05) is 11.9 Å². The Bertz CT molecular complexity index is 491. The molecule has 2 unspecified atom stereocenters. The molecule has 1 aliphatic rings. The number of amides is 1. The molecule has 2 N–H and O–H groups in total. The molecule has 0 spiro atoms. The van der Waals surface area contributed by atoms with Crippen molar-refractivity contribution in [1.82, 2.24) is 10.4 Å². The van der Waals surface area contributed by atoms with Gasteiger partial charge in [-0.1, -0.05) is 6.42 Å². The van der Waals surface area contributed by atoms with Crippen LogP contribution in [0.4, 0.5) is 5.69 Å². The highest BCUT2D eigenvalue weighted by Crippen LogP contribution is 2.21. The zero-order chi connectivity index (χ0) is 15.4. The van der Waals surface area contributed by atoms with Gasteiger partial charge in [0.05, 0.1) is 0 Å². The third-order valence-electron chi connectivity index (χ3n) is 4.28. The van der Waals surface area contributed by atoms with Gasteiger partial charge in [0.25, 0.3) is 5.91 Å². The SMILES string of the molecule is CCNc1ccc(C(=O)NN2C(C)CCCC2C)cc1C. The Balaban J connectivity index is 2.07. The fourth-order valence-corrected chi connectivity index (χ4v) is 3.02. The van der Waals surface area contributed by atoms with Gasteiger partial charge in [-0.25, -0.2) is 5.01 Å². The van der Waals surface area contributed by atoms with E-state index in [0.29, 0.717) is 12.1 Å². The third-order valence-corrected chi connectivity index (χ3v) is 4.28. The van der Waals surface area contributed by atoms with E-state index in [2.05, 4.69) is 36.5 Å². The molecule has 2 atom stereocenters. The standard InChI is InChI=1S/C17H27N3O/c1-5-18-16-10-9-15(11-12(16)2)17(21)19-20-13(3)7-6-8-14(20)4/h9-11,13-14,18H,5-8H2,1-4H3,(H,19,21). The fourth-order valence-electron chi connectivity index (χ4n) is 3.02. The highest BCUT2D eigenvalue weighted by atomic mass is 16.2. The summed E-state index contributed by atoms with van der Waals surface area (Å²) in [5.74, 6) is -0.0123. The number of benzene rings is 1. The summed E-state index contributed by atoms with van der Waals surface area (Å²) >= 11 is 0.